The second-order valence-corrected chi connectivity index (χ2v) is 5.91. The lowest BCUT2D eigenvalue weighted by Gasteiger charge is -2.36. The lowest BCUT2D eigenvalue weighted by atomic mass is 9.91. The van der Waals surface area contributed by atoms with Crippen LogP contribution in [0.5, 0.6) is 0 Å². The Morgan fingerprint density at radius 2 is 2.16 bits per heavy atom. The molecule has 0 bridgehead atoms. The minimum absolute atomic E-state index is 0.342. The van der Waals surface area contributed by atoms with E-state index >= 15 is 0 Å². The van der Waals surface area contributed by atoms with Crippen LogP contribution in [0.2, 0.25) is 0 Å². The summed E-state index contributed by atoms with van der Waals surface area (Å²) in [6.45, 7) is 10.1. The molecule has 1 aliphatic rings. The van der Waals surface area contributed by atoms with Crippen LogP contribution in [0.4, 0.5) is 5.69 Å². The fraction of sp³-hybridized carbons (Fsp3) is 0.647. The van der Waals surface area contributed by atoms with Gasteiger partial charge in [0, 0.05) is 24.3 Å². The molecule has 0 aromatic heterocycles. The third-order valence-electron chi connectivity index (χ3n) is 4.30. The molecule has 0 spiro atoms. The molecule has 0 aliphatic carbocycles. The van der Waals surface area contributed by atoms with Crippen LogP contribution in [0.1, 0.15) is 45.1 Å². The maximum atomic E-state index is 3.78. The Morgan fingerprint density at radius 1 is 1.32 bits per heavy atom. The summed E-state index contributed by atoms with van der Waals surface area (Å²) in [5.74, 6) is 0. The van der Waals surface area contributed by atoms with Crippen LogP contribution in [0, 0.1) is 6.92 Å². The molecular formula is C17H28N2. The van der Waals surface area contributed by atoms with E-state index in [9.17, 15) is 0 Å². The summed E-state index contributed by atoms with van der Waals surface area (Å²) in [4.78, 5) is 2.53. The monoisotopic (exact) mass is 260 g/mol. The Labute approximate surface area is 118 Å². The molecule has 2 nitrogen and oxygen atoms in total. The van der Waals surface area contributed by atoms with Gasteiger partial charge in [0.05, 0.1) is 0 Å². The van der Waals surface area contributed by atoms with Crippen LogP contribution in [-0.4, -0.2) is 25.2 Å². The van der Waals surface area contributed by atoms with Crippen molar-refractivity contribution in [2.45, 2.75) is 52.0 Å². The summed E-state index contributed by atoms with van der Waals surface area (Å²) in [7, 11) is 0. The molecule has 1 heterocycles. The van der Waals surface area contributed by atoms with Crippen LogP contribution in [-0.2, 0) is 0 Å². The van der Waals surface area contributed by atoms with E-state index < -0.39 is 0 Å². The van der Waals surface area contributed by atoms with Crippen molar-refractivity contribution in [3.8, 4) is 0 Å². The zero-order chi connectivity index (χ0) is 13.7. The summed E-state index contributed by atoms with van der Waals surface area (Å²) in [5.41, 5.74) is 3.06. The molecule has 1 N–H and O–H groups in total. The number of anilines is 1. The number of likely N-dealkylation sites (N-methyl/N-ethyl adjacent to an activating group) is 1. The van der Waals surface area contributed by atoms with Crippen LogP contribution >= 0.6 is 0 Å². The Hall–Kier alpha value is -1.02. The van der Waals surface area contributed by atoms with E-state index in [1.165, 1.54) is 43.5 Å². The first-order valence-electron chi connectivity index (χ1n) is 7.76. The van der Waals surface area contributed by atoms with Crippen LogP contribution in [0.25, 0.3) is 0 Å². The third kappa shape index (κ3) is 3.50. The third-order valence-corrected chi connectivity index (χ3v) is 4.30. The molecule has 0 radical (unpaired) electrons. The second kappa shape index (κ2) is 6.42. The molecule has 2 rings (SSSR count). The Kier molecular flexibility index (Phi) is 4.87. The van der Waals surface area contributed by atoms with E-state index in [1.54, 1.807) is 0 Å². The number of hydrogen-bond acceptors (Lipinski definition) is 2. The molecule has 1 aliphatic heterocycles. The van der Waals surface area contributed by atoms with Gasteiger partial charge in [0.1, 0.15) is 0 Å². The van der Waals surface area contributed by atoms with Crippen LogP contribution in [0.15, 0.2) is 24.3 Å². The fourth-order valence-electron chi connectivity index (χ4n) is 3.35. The van der Waals surface area contributed by atoms with Gasteiger partial charge < -0.3 is 10.2 Å². The minimum atomic E-state index is 0.342. The standard InChI is InChI=1S/C17H28N2/c1-4-10-17(11-7-12-18-17)14-19(5-2)16-9-6-8-15(3)13-16/h6,8-9,13,18H,4-5,7,10-12,14H2,1-3H3. The number of benzene rings is 1. The summed E-state index contributed by atoms with van der Waals surface area (Å²) < 4.78 is 0. The van der Waals surface area contributed by atoms with Gasteiger partial charge in [-0.25, -0.2) is 0 Å². The fourth-order valence-corrected chi connectivity index (χ4v) is 3.35. The SMILES string of the molecule is CCCC1(CN(CC)c2cccc(C)c2)CCCN1. The first kappa shape index (κ1) is 14.4. The Morgan fingerprint density at radius 3 is 2.74 bits per heavy atom. The molecular weight excluding hydrogens is 232 g/mol. The number of aryl methyl sites for hydroxylation is 1. The largest absolute Gasteiger partial charge is 0.370 e. The van der Waals surface area contributed by atoms with Gasteiger partial charge in [-0.05, 0) is 57.4 Å². The normalized spacial score (nSPS) is 22.7. The molecule has 1 aromatic rings. The molecule has 1 saturated heterocycles. The summed E-state index contributed by atoms with van der Waals surface area (Å²) in [5, 5.41) is 3.78. The average molecular weight is 260 g/mol. The first-order chi connectivity index (χ1) is 9.19. The Bertz CT molecular complexity index is 394. The van der Waals surface area contributed by atoms with Gasteiger partial charge in [-0.2, -0.15) is 0 Å². The van der Waals surface area contributed by atoms with Crippen molar-refractivity contribution >= 4 is 5.69 Å². The number of rotatable bonds is 6. The lowest BCUT2D eigenvalue weighted by Crippen LogP contribution is -2.50. The van der Waals surface area contributed by atoms with Gasteiger partial charge in [0.25, 0.3) is 0 Å². The van der Waals surface area contributed by atoms with Gasteiger partial charge in [0.15, 0.2) is 0 Å². The van der Waals surface area contributed by atoms with E-state index in [0.29, 0.717) is 5.54 Å². The van der Waals surface area contributed by atoms with Crippen molar-refractivity contribution in [1.82, 2.24) is 5.32 Å². The highest BCUT2D eigenvalue weighted by molar-refractivity contribution is 5.48. The molecule has 0 saturated carbocycles. The van der Waals surface area contributed by atoms with E-state index in [-0.39, 0.29) is 0 Å². The smallest absolute Gasteiger partial charge is 0.0369 e. The summed E-state index contributed by atoms with van der Waals surface area (Å²) in [6, 6.07) is 8.89. The molecule has 0 amide bonds. The molecule has 1 atom stereocenters. The highest BCUT2D eigenvalue weighted by Crippen LogP contribution is 2.28. The maximum absolute atomic E-state index is 3.78. The quantitative estimate of drug-likeness (QED) is 0.838. The molecule has 2 heteroatoms. The van der Waals surface area contributed by atoms with Crippen molar-refractivity contribution in [2.24, 2.45) is 0 Å². The lowest BCUT2D eigenvalue weighted by molar-refractivity contribution is 0.345. The van der Waals surface area contributed by atoms with Crippen molar-refractivity contribution < 1.29 is 0 Å². The van der Waals surface area contributed by atoms with E-state index in [1.807, 2.05) is 0 Å². The van der Waals surface area contributed by atoms with E-state index in [4.69, 9.17) is 0 Å². The van der Waals surface area contributed by atoms with Crippen molar-refractivity contribution in [3.63, 3.8) is 0 Å². The number of nitrogens with one attached hydrogen (secondary N) is 1. The molecule has 1 aromatic carbocycles. The van der Waals surface area contributed by atoms with Gasteiger partial charge in [0.2, 0.25) is 0 Å². The van der Waals surface area contributed by atoms with Crippen LogP contribution < -0.4 is 10.2 Å². The van der Waals surface area contributed by atoms with Gasteiger partial charge >= 0.3 is 0 Å². The minimum Gasteiger partial charge on any atom is -0.370 e. The van der Waals surface area contributed by atoms with Crippen molar-refractivity contribution in [3.05, 3.63) is 29.8 Å². The maximum Gasteiger partial charge on any atom is 0.0369 e. The first-order valence-corrected chi connectivity index (χ1v) is 7.76. The zero-order valence-corrected chi connectivity index (χ0v) is 12.7. The molecule has 106 valence electrons. The predicted molar refractivity (Wildman–Crippen MR) is 83.9 cm³/mol. The van der Waals surface area contributed by atoms with Crippen molar-refractivity contribution in [2.75, 3.05) is 24.5 Å². The zero-order valence-electron chi connectivity index (χ0n) is 12.7. The topological polar surface area (TPSA) is 15.3 Å². The molecule has 19 heavy (non-hydrogen) atoms. The Balaban J connectivity index is 2.13. The van der Waals surface area contributed by atoms with Crippen LogP contribution in [0.3, 0.4) is 0 Å². The number of nitrogens with zero attached hydrogens (tertiary/aromatic N) is 1. The highest BCUT2D eigenvalue weighted by Gasteiger charge is 2.34. The molecule has 1 fully saturated rings. The highest BCUT2D eigenvalue weighted by atomic mass is 15.2. The van der Waals surface area contributed by atoms with Gasteiger partial charge in [-0.15, -0.1) is 0 Å². The average Bonchev–Trinajstić information content (AvgIpc) is 2.85. The van der Waals surface area contributed by atoms with E-state index in [0.717, 1.165) is 13.1 Å². The summed E-state index contributed by atoms with van der Waals surface area (Å²) >= 11 is 0. The summed E-state index contributed by atoms with van der Waals surface area (Å²) in [6.07, 6.45) is 5.20. The molecule has 1 unspecified atom stereocenters. The van der Waals surface area contributed by atoms with E-state index in [2.05, 4.69) is 55.3 Å². The second-order valence-electron chi connectivity index (χ2n) is 5.91. The number of hydrogen-bond donors (Lipinski definition) is 1. The van der Waals surface area contributed by atoms with Gasteiger partial charge in [-0.1, -0.05) is 25.5 Å². The predicted octanol–water partition coefficient (Wildman–Crippen LogP) is 3.74. The van der Waals surface area contributed by atoms with Crippen molar-refractivity contribution in [1.29, 1.82) is 0 Å². The van der Waals surface area contributed by atoms with Gasteiger partial charge in [-0.3, -0.25) is 0 Å².